The first kappa shape index (κ1) is 18.4. The Morgan fingerprint density at radius 3 is 2.46 bits per heavy atom. The summed E-state index contributed by atoms with van der Waals surface area (Å²) in [6.45, 7) is 2.70. The molecule has 0 radical (unpaired) electrons. The van der Waals surface area contributed by atoms with Crippen molar-refractivity contribution in [1.82, 2.24) is 9.97 Å². The average Bonchev–Trinajstić information content (AvgIpc) is 2.76. The number of halogens is 1. The van der Waals surface area contributed by atoms with Gasteiger partial charge in [-0.3, -0.25) is 4.79 Å². The summed E-state index contributed by atoms with van der Waals surface area (Å²) in [5.74, 6) is 0.887. The number of amides is 1. The lowest BCUT2D eigenvalue weighted by atomic mass is 10.2. The van der Waals surface area contributed by atoms with E-state index in [0.717, 1.165) is 18.7 Å². The lowest BCUT2D eigenvalue weighted by Gasteiger charge is -2.28. The van der Waals surface area contributed by atoms with Gasteiger partial charge in [0.1, 0.15) is 11.5 Å². The van der Waals surface area contributed by atoms with Crippen LogP contribution in [0, 0.1) is 0 Å². The maximum absolute atomic E-state index is 12.9. The SMILES string of the molecule is O=C(Nc1ccccc1Cl)c1cc(N2CCOCC2)nc(-c2ccccc2)n1. The van der Waals surface area contributed by atoms with Gasteiger partial charge in [0.25, 0.3) is 5.91 Å². The number of rotatable bonds is 4. The van der Waals surface area contributed by atoms with Crippen LogP contribution in [0.2, 0.25) is 5.02 Å². The van der Waals surface area contributed by atoms with E-state index >= 15 is 0 Å². The quantitative estimate of drug-likeness (QED) is 0.727. The second kappa shape index (κ2) is 8.37. The van der Waals surface area contributed by atoms with E-state index in [0.29, 0.717) is 35.6 Å². The summed E-state index contributed by atoms with van der Waals surface area (Å²) in [7, 11) is 0. The van der Waals surface area contributed by atoms with Gasteiger partial charge in [0.05, 0.1) is 23.9 Å². The summed E-state index contributed by atoms with van der Waals surface area (Å²) in [4.78, 5) is 24.2. The highest BCUT2D eigenvalue weighted by atomic mass is 35.5. The fourth-order valence-corrected chi connectivity index (χ4v) is 3.15. The predicted octanol–water partition coefficient (Wildman–Crippen LogP) is 3.89. The standard InChI is InChI=1S/C21H19ClN4O2/c22-16-8-4-5-9-17(16)24-21(27)18-14-19(26-10-12-28-13-11-26)25-20(23-18)15-6-2-1-3-7-15/h1-9,14H,10-13H2,(H,24,27). The Morgan fingerprint density at radius 2 is 1.71 bits per heavy atom. The molecule has 0 saturated carbocycles. The van der Waals surface area contributed by atoms with Gasteiger partial charge in [-0.05, 0) is 12.1 Å². The van der Waals surface area contributed by atoms with E-state index in [9.17, 15) is 4.79 Å². The van der Waals surface area contributed by atoms with Crippen molar-refractivity contribution in [2.24, 2.45) is 0 Å². The number of nitrogens with one attached hydrogen (secondary N) is 1. The first-order chi connectivity index (χ1) is 13.7. The van der Waals surface area contributed by atoms with Crippen LogP contribution in [0.1, 0.15) is 10.5 Å². The summed E-state index contributed by atoms with van der Waals surface area (Å²) >= 11 is 6.17. The zero-order valence-electron chi connectivity index (χ0n) is 15.1. The van der Waals surface area contributed by atoms with E-state index in [1.54, 1.807) is 18.2 Å². The van der Waals surface area contributed by atoms with Gasteiger partial charge in [0.2, 0.25) is 0 Å². The number of anilines is 2. The number of morpholine rings is 1. The Bertz CT molecular complexity index is 975. The van der Waals surface area contributed by atoms with Crippen LogP contribution in [0.25, 0.3) is 11.4 Å². The van der Waals surface area contributed by atoms with Crippen molar-refractivity contribution in [2.75, 3.05) is 36.5 Å². The third kappa shape index (κ3) is 4.13. The second-order valence-corrected chi connectivity index (χ2v) is 6.74. The van der Waals surface area contributed by atoms with Crippen molar-refractivity contribution < 1.29 is 9.53 Å². The minimum Gasteiger partial charge on any atom is -0.378 e. The molecule has 1 aliphatic rings. The number of carbonyl (C=O) groups excluding carboxylic acids is 1. The number of ether oxygens (including phenoxy) is 1. The van der Waals surface area contributed by atoms with E-state index in [1.807, 2.05) is 42.5 Å². The molecule has 3 aromatic rings. The van der Waals surface area contributed by atoms with E-state index in [-0.39, 0.29) is 11.6 Å². The molecule has 1 N–H and O–H groups in total. The summed E-state index contributed by atoms with van der Waals surface area (Å²) < 4.78 is 5.43. The van der Waals surface area contributed by atoms with Gasteiger partial charge in [0, 0.05) is 24.7 Å². The lowest BCUT2D eigenvalue weighted by molar-refractivity contribution is 0.102. The Balaban J connectivity index is 1.71. The number of hydrogen-bond acceptors (Lipinski definition) is 5. The Kier molecular flexibility index (Phi) is 5.50. The molecule has 0 spiro atoms. The van der Waals surface area contributed by atoms with Crippen LogP contribution in [0.15, 0.2) is 60.7 Å². The molecule has 7 heteroatoms. The molecule has 1 saturated heterocycles. The minimum absolute atomic E-state index is 0.287. The topological polar surface area (TPSA) is 67.4 Å². The molecule has 142 valence electrons. The van der Waals surface area contributed by atoms with Crippen molar-refractivity contribution >= 4 is 29.0 Å². The minimum atomic E-state index is -0.331. The Labute approximate surface area is 168 Å². The van der Waals surface area contributed by atoms with E-state index in [1.165, 1.54) is 0 Å². The maximum Gasteiger partial charge on any atom is 0.274 e. The normalized spacial score (nSPS) is 14.0. The fourth-order valence-electron chi connectivity index (χ4n) is 2.97. The monoisotopic (exact) mass is 394 g/mol. The van der Waals surface area contributed by atoms with Crippen LogP contribution < -0.4 is 10.2 Å². The summed E-state index contributed by atoms with van der Waals surface area (Å²) in [5.41, 5.74) is 1.68. The van der Waals surface area contributed by atoms with Gasteiger partial charge in [-0.2, -0.15) is 0 Å². The largest absolute Gasteiger partial charge is 0.378 e. The molecular weight excluding hydrogens is 376 g/mol. The molecule has 2 aromatic carbocycles. The highest BCUT2D eigenvalue weighted by Gasteiger charge is 2.19. The molecule has 6 nitrogen and oxygen atoms in total. The van der Waals surface area contributed by atoms with Crippen molar-refractivity contribution in [2.45, 2.75) is 0 Å². The number of benzene rings is 2. The molecule has 28 heavy (non-hydrogen) atoms. The molecule has 0 aliphatic carbocycles. The third-order valence-electron chi connectivity index (χ3n) is 4.43. The van der Waals surface area contributed by atoms with Gasteiger partial charge in [-0.15, -0.1) is 0 Å². The highest BCUT2D eigenvalue weighted by molar-refractivity contribution is 6.33. The number of carbonyl (C=O) groups is 1. The van der Waals surface area contributed by atoms with Gasteiger partial charge >= 0.3 is 0 Å². The van der Waals surface area contributed by atoms with Crippen LogP contribution in [-0.2, 0) is 4.74 Å². The molecule has 4 rings (SSSR count). The smallest absolute Gasteiger partial charge is 0.274 e. The molecule has 0 atom stereocenters. The van der Waals surface area contributed by atoms with E-state index in [4.69, 9.17) is 16.3 Å². The van der Waals surface area contributed by atoms with Crippen molar-refractivity contribution in [3.63, 3.8) is 0 Å². The molecule has 0 bridgehead atoms. The first-order valence-corrected chi connectivity index (χ1v) is 9.41. The van der Waals surface area contributed by atoms with Gasteiger partial charge < -0.3 is 15.0 Å². The second-order valence-electron chi connectivity index (χ2n) is 6.33. The Morgan fingerprint density at radius 1 is 1.00 bits per heavy atom. The summed E-state index contributed by atoms with van der Waals surface area (Å²) in [6.07, 6.45) is 0. The summed E-state index contributed by atoms with van der Waals surface area (Å²) in [6, 6.07) is 18.4. The molecule has 1 amide bonds. The fraction of sp³-hybridized carbons (Fsp3) is 0.190. The van der Waals surface area contributed by atoms with Crippen LogP contribution in [0.4, 0.5) is 11.5 Å². The van der Waals surface area contributed by atoms with Crippen LogP contribution in [0.3, 0.4) is 0 Å². The van der Waals surface area contributed by atoms with Crippen LogP contribution in [0.5, 0.6) is 0 Å². The van der Waals surface area contributed by atoms with Gasteiger partial charge in [-0.25, -0.2) is 9.97 Å². The zero-order valence-corrected chi connectivity index (χ0v) is 15.9. The molecule has 1 aromatic heterocycles. The number of para-hydroxylation sites is 1. The Hall–Kier alpha value is -2.96. The molecule has 2 heterocycles. The molecular formula is C21H19ClN4O2. The van der Waals surface area contributed by atoms with Crippen LogP contribution in [-0.4, -0.2) is 42.2 Å². The van der Waals surface area contributed by atoms with Crippen molar-refractivity contribution in [1.29, 1.82) is 0 Å². The molecule has 0 unspecified atom stereocenters. The van der Waals surface area contributed by atoms with Crippen molar-refractivity contribution in [3.8, 4) is 11.4 Å². The first-order valence-electron chi connectivity index (χ1n) is 9.04. The van der Waals surface area contributed by atoms with Gasteiger partial charge in [-0.1, -0.05) is 54.1 Å². The third-order valence-corrected chi connectivity index (χ3v) is 4.76. The maximum atomic E-state index is 12.9. The molecule has 1 fully saturated rings. The van der Waals surface area contributed by atoms with Crippen molar-refractivity contribution in [3.05, 3.63) is 71.4 Å². The van der Waals surface area contributed by atoms with Gasteiger partial charge in [0.15, 0.2) is 5.82 Å². The summed E-state index contributed by atoms with van der Waals surface area (Å²) in [5, 5.41) is 3.30. The number of nitrogens with zero attached hydrogens (tertiary/aromatic N) is 3. The zero-order chi connectivity index (χ0) is 19.3. The van der Waals surface area contributed by atoms with E-state index < -0.39 is 0 Å². The highest BCUT2D eigenvalue weighted by Crippen LogP contribution is 2.24. The predicted molar refractivity (Wildman–Crippen MR) is 110 cm³/mol. The average molecular weight is 395 g/mol. The molecule has 1 aliphatic heterocycles. The number of hydrogen-bond donors (Lipinski definition) is 1. The lowest BCUT2D eigenvalue weighted by Crippen LogP contribution is -2.37. The van der Waals surface area contributed by atoms with E-state index in [2.05, 4.69) is 20.2 Å². The van der Waals surface area contributed by atoms with Crippen LogP contribution >= 0.6 is 11.6 Å². The number of aromatic nitrogens is 2.